The standard InChI is InChI=1S/C57H111NO5/c1-3-5-7-9-11-13-15-17-19-20-21-22-24-26-31-35-39-43-47-51-57(62)63-52-48-44-40-36-32-28-27-30-34-38-42-46-50-56(61)58-54(53-59)55(60)49-45-41-37-33-29-25-23-18-16-14-12-10-8-6-4-2/h45,49,54-55,59-60H,3-44,46-48,50-53H2,1-2H3,(H,58,61)/b49-45+. The van der Waals surface area contributed by atoms with Crippen molar-refractivity contribution in [3.63, 3.8) is 0 Å². The number of rotatable bonds is 53. The molecule has 0 aliphatic heterocycles. The first-order valence-electron chi connectivity index (χ1n) is 28.5. The number of hydrogen-bond acceptors (Lipinski definition) is 5. The summed E-state index contributed by atoms with van der Waals surface area (Å²) >= 11 is 0. The maximum atomic E-state index is 12.4. The minimum atomic E-state index is -0.853. The molecule has 0 saturated heterocycles. The minimum Gasteiger partial charge on any atom is -0.466 e. The van der Waals surface area contributed by atoms with Crippen LogP contribution in [0.2, 0.25) is 0 Å². The van der Waals surface area contributed by atoms with Crippen LogP contribution in [-0.2, 0) is 14.3 Å². The predicted octanol–water partition coefficient (Wildman–Crippen LogP) is 17.3. The van der Waals surface area contributed by atoms with E-state index in [2.05, 4.69) is 19.2 Å². The third-order valence-electron chi connectivity index (χ3n) is 13.3. The van der Waals surface area contributed by atoms with E-state index in [0.29, 0.717) is 19.4 Å². The zero-order valence-corrected chi connectivity index (χ0v) is 42.6. The number of esters is 1. The molecule has 0 spiro atoms. The molecule has 2 unspecified atom stereocenters. The van der Waals surface area contributed by atoms with Crippen LogP contribution < -0.4 is 5.32 Å². The number of allylic oxidation sites excluding steroid dienone is 1. The first-order valence-corrected chi connectivity index (χ1v) is 28.5. The van der Waals surface area contributed by atoms with Crippen molar-refractivity contribution in [2.75, 3.05) is 13.2 Å². The first-order chi connectivity index (χ1) is 31.0. The zero-order valence-electron chi connectivity index (χ0n) is 42.6. The van der Waals surface area contributed by atoms with E-state index >= 15 is 0 Å². The molecule has 6 nitrogen and oxygen atoms in total. The third-order valence-corrected chi connectivity index (χ3v) is 13.3. The fourth-order valence-corrected chi connectivity index (χ4v) is 8.93. The molecule has 0 aromatic heterocycles. The van der Waals surface area contributed by atoms with Gasteiger partial charge in [0.2, 0.25) is 5.91 Å². The molecule has 0 aromatic rings. The van der Waals surface area contributed by atoms with Gasteiger partial charge >= 0.3 is 5.97 Å². The van der Waals surface area contributed by atoms with Gasteiger partial charge in [0.15, 0.2) is 0 Å². The summed E-state index contributed by atoms with van der Waals surface area (Å²) in [4.78, 5) is 24.5. The monoisotopic (exact) mass is 890 g/mol. The van der Waals surface area contributed by atoms with Gasteiger partial charge in [-0.15, -0.1) is 0 Å². The lowest BCUT2D eigenvalue weighted by Crippen LogP contribution is -2.45. The van der Waals surface area contributed by atoms with E-state index < -0.39 is 12.1 Å². The molecule has 0 fully saturated rings. The van der Waals surface area contributed by atoms with Gasteiger partial charge in [0.25, 0.3) is 0 Å². The summed E-state index contributed by atoms with van der Waals surface area (Å²) in [5, 5.41) is 23.1. The van der Waals surface area contributed by atoms with E-state index in [1.54, 1.807) is 6.08 Å². The van der Waals surface area contributed by atoms with Crippen LogP contribution >= 0.6 is 0 Å². The fraction of sp³-hybridized carbons (Fsp3) is 0.930. The summed E-state index contributed by atoms with van der Waals surface area (Å²) in [7, 11) is 0. The summed E-state index contributed by atoms with van der Waals surface area (Å²) in [5.74, 6) is -0.0869. The molecular formula is C57H111NO5. The SMILES string of the molecule is CCCCCCCCCCCCCCC/C=C/C(O)C(CO)NC(=O)CCCCCCCCCCCCCCOC(=O)CCCCCCCCCCCCCCCCCCCCC. The number of hydrogen-bond donors (Lipinski definition) is 3. The Morgan fingerprint density at radius 1 is 0.429 bits per heavy atom. The van der Waals surface area contributed by atoms with Gasteiger partial charge in [-0.05, 0) is 32.1 Å². The van der Waals surface area contributed by atoms with Crippen LogP contribution in [-0.4, -0.2) is 47.4 Å². The number of aliphatic hydroxyl groups is 2. The fourth-order valence-electron chi connectivity index (χ4n) is 8.93. The van der Waals surface area contributed by atoms with Gasteiger partial charge in [0, 0.05) is 12.8 Å². The Hall–Kier alpha value is -1.40. The predicted molar refractivity (Wildman–Crippen MR) is 273 cm³/mol. The largest absolute Gasteiger partial charge is 0.466 e. The summed E-state index contributed by atoms with van der Waals surface area (Å²) in [6.45, 7) is 4.89. The molecule has 6 heteroatoms. The third kappa shape index (κ3) is 49.9. The Kier molecular flexibility index (Phi) is 52.0. The van der Waals surface area contributed by atoms with Crippen molar-refractivity contribution in [3.8, 4) is 0 Å². The van der Waals surface area contributed by atoms with Gasteiger partial charge in [-0.1, -0.05) is 283 Å². The number of amides is 1. The molecule has 0 aromatic carbocycles. The van der Waals surface area contributed by atoms with Gasteiger partial charge in [0.1, 0.15) is 0 Å². The van der Waals surface area contributed by atoms with E-state index in [0.717, 1.165) is 57.8 Å². The van der Waals surface area contributed by atoms with E-state index in [-0.39, 0.29) is 18.5 Å². The number of nitrogens with one attached hydrogen (secondary N) is 1. The lowest BCUT2D eigenvalue weighted by atomic mass is 10.0. The quantitative estimate of drug-likeness (QED) is 0.0321. The Morgan fingerprint density at radius 3 is 1.08 bits per heavy atom. The van der Waals surface area contributed by atoms with Crippen molar-refractivity contribution in [2.45, 2.75) is 328 Å². The van der Waals surface area contributed by atoms with E-state index in [1.165, 1.54) is 231 Å². The normalized spacial score (nSPS) is 12.6. The topological polar surface area (TPSA) is 95.9 Å². The average molecular weight is 891 g/mol. The summed E-state index contributed by atoms with van der Waals surface area (Å²) in [5.41, 5.74) is 0. The Bertz CT molecular complexity index is 939. The number of aliphatic hydroxyl groups excluding tert-OH is 2. The smallest absolute Gasteiger partial charge is 0.305 e. The van der Waals surface area contributed by atoms with Crippen molar-refractivity contribution >= 4 is 11.9 Å². The highest BCUT2D eigenvalue weighted by molar-refractivity contribution is 5.76. The summed E-state index contributed by atoms with van der Waals surface area (Å²) < 4.78 is 5.48. The molecule has 0 rings (SSSR count). The van der Waals surface area contributed by atoms with Crippen molar-refractivity contribution in [1.29, 1.82) is 0 Å². The van der Waals surface area contributed by atoms with Gasteiger partial charge in [-0.3, -0.25) is 9.59 Å². The Morgan fingerprint density at radius 2 is 0.730 bits per heavy atom. The molecule has 0 aliphatic carbocycles. The van der Waals surface area contributed by atoms with Crippen LogP contribution in [0.1, 0.15) is 316 Å². The maximum absolute atomic E-state index is 12.4. The minimum absolute atomic E-state index is 0.00559. The molecule has 63 heavy (non-hydrogen) atoms. The van der Waals surface area contributed by atoms with Crippen LogP contribution in [0, 0.1) is 0 Å². The van der Waals surface area contributed by atoms with Gasteiger partial charge < -0.3 is 20.3 Å². The lowest BCUT2D eigenvalue weighted by molar-refractivity contribution is -0.143. The van der Waals surface area contributed by atoms with Crippen molar-refractivity contribution < 1.29 is 24.5 Å². The molecule has 3 N–H and O–H groups in total. The van der Waals surface area contributed by atoms with Crippen molar-refractivity contribution in [1.82, 2.24) is 5.32 Å². The van der Waals surface area contributed by atoms with E-state index in [1.807, 2.05) is 6.08 Å². The van der Waals surface area contributed by atoms with E-state index in [4.69, 9.17) is 4.74 Å². The van der Waals surface area contributed by atoms with Gasteiger partial charge in [-0.25, -0.2) is 0 Å². The summed E-state index contributed by atoms with van der Waals surface area (Å²) in [6.07, 6.45) is 62.2. The van der Waals surface area contributed by atoms with Gasteiger partial charge in [-0.2, -0.15) is 0 Å². The highest BCUT2D eigenvalue weighted by atomic mass is 16.5. The molecule has 0 saturated carbocycles. The van der Waals surface area contributed by atoms with E-state index in [9.17, 15) is 19.8 Å². The second-order valence-electron chi connectivity index (χ2n) is 19.6. The molecule has 0 heterocycles. The number of carbonyl (C=O) groups is 2. The van der Waals surface area contributed by atoms with Crippen LogP contribution in [0.15, 0.2) is 12.2 Å². The van der Waals surface area contributed by atoms with Crippen LogP contribution in [0.4, 0.5) is 0 Å². The zero-order chi connectivity index (χ0) is 45.8. The van der Waals surface area contributed by atoms with Gasteiger partial charge in [0.05, 0.1) is 25.4 Å². The number of ether oxygens (including phenoxy) is 1. The lowest BCUT2D eigenvalue weighted by Gasteiger charge is -2.20. The molecule has 0 radical (unpaired) electrons. The van der Waals surface area contributed by atoms with Crippen LogP contribution in [0.5, 0.6) is 0 Å². The summed E-state index contributed by atoms with van der Waals surface area (Å²) in [6, 6.07) is -0.638. The number of unbranched alkanes of at least 4 members (excludes halogenated alkanes) is 42. The van der Waals surface area contributed by atoms with Crippen molar-refractivity contribution in [2.24, 2.45) is 0 Å². The molecule has 1 amide bonds. The Balaban J connectivity index is 3.44. The molecular weight excluding hydrogens is 779 g/mol. The molecule has 2 atom stereocenters. The number of carbonyl (C=O) groups excluding carboxylic acids is 2. The Labute approximate surface area is 393 Å². The highest BCUT2D eigenvalue weighted by Crippen LogP contribution is 2.17. The molecule has 0 aliphatic rings. The van der Waals surface area contributed by atoms with Crippen LogP contribution in [0.25, 0.3) is 0 Å². The molecule has 374 valence electrons. The van der Waals surface area contributed by atoms with Crippen molar-refractivity contribution in [3.05, 3.63) is 12.2 Å². The second-order valence-corrected chi connectivity index (χ2v) is 19.6. The van der Waals surface area contributed by atoms with Crippen LogP contribution in [0.3, 0.4) is 0 Å². The first kappa shape index (κ1) is 61.6. The average Bonchev–Trinajstić information content (AvgIpc) is 3.28. The molecule has 0 bridgehead atoms. The highest BCUT2D eigenvalue weighted by Gasteiger charge is 2.18. The maximum Gasteiger partial charge on any atom is 0.305 e. The second kappa shape index (κ2) is 53.2.